The van der Waals surface area contributed by atoms with Crippen molar-refractivity contribution in [1.29, 1.82) is 0 Å². The van der Waals surface area contributed by atoms with E-state index < -0.39 is 0 Å². The summed E-state index contributed by atoms with van der Waals surface area (Å²) in [4.78, 5) is 25.5. The molecule has 1 aliphatic heterocycles. The highest BCUT2D eigenvalue weighted by molar-refractivity contribution is 6.40. The van der Waals surface area contributed by atoms with Crippen LogP contribution in [0, 0.1) is 0 Å². The second-order valence-corrected chi connectivity index (χ2v) is 8.07. The van der Waals surface area contributed by atoms with E-state index in [1.54, 1.807) is 25.3 Å². The Morgan fingerprint density at radius 1 is 1.19 bits per heavy atom. The molecule has 1 amide bonds. The Kier molecular flexibility index (Phi) is 6.36. The Morgan fingerprint density at radius 3 is 2.62 bits per heavy atom. The summed E-state index contributed by atoms with van der Waals surface area (Å²) in [7, 11) is 5.36. The van der Waals surface area contributed by atoms with Crippen molar-refractivity contribution in [3.8, 4) is 5.75 Å². The van der Waals surface area contributed by atoms with Crippen molar-refractivity contribution in [2.75, 3.05) is 43.0 Å². The summed E-state index contributed by atoms with van der Waals surface area (Å²) < 4.78 is 5.40. The van der Waals surface area contributed by atoms with Crippen molar-refractivity contribution in [3.63, 3.8) is 0 Å². The van der Waals surface area contributed by atoms with Gasteiger partial charge >= 0.3 is 0 Å². The fourth-order valence-corrected chi connectivity index (χ4v) is 4.20. The molecule has 8 nitrogen and oxygen atoms in total. The zero-order chi connectivity index (χ0) is 22.8. The van der Waals surface area contributed by atoms with E-state index in [0.717, 1.165) is 17.0 Å². The van der Waals surface area contributed by atoms with E-state index in [9.17, 15) is 4.79 Å². The lowest BCUT2D eigenvalue weighted by atomic mass is 10.1. The fraction of sp³-hybridized carbons (Fsp3) is 0.227. The minimum Gasteiger partial charge on any atom is -0.496 e. The first-order chi connectivity index (χ1) is 15.4. The first kappa shape index (κ1) is 22.1. The third-order valence-electron chi connectivity index (χ3n) is 5.07. The predicted molar refractivity (Wildman–Crippen MR) is 128 cm³/mol. The molecule has 0 saturated heterocycles. The molecule has 3 aromatic rings. The number of halogens is 2. The first-order valence-corrected chi connectivity index (χ1v) is 10.6. The molecular weight excluding hydrogens is 451 g/mol. The number of amides is 1. The number of anilines is 4. The van der Waals surface area contributed by atoms with Crippen molar-refractivity contribution in [3.05, 3.63) is 63.8 Å². The van der Waals surface area contributed by atoms with Gasteiger partial charge < -0.3 is 20.3 Å². The molecule has 2 heterocycles. The number of carbonyl (C=O) groups excluding carboxylic acids is 1. The van der Waals surface area contributed by atoms with Gasteiger partial charge in [0.05, 0.1) is 29.5 Å². The summed E-state index contributed by atoms with van der Waals surface area (Å²) in [5, 5.41) is 7.12. The number of methoxy groups -OCH3 is 1. The van der Waals surface area contributed by atoms with Crippen molar-refractivity contribution in [2.24, 2.45) is 0 Å². The zero-order valence-electron chi connectivity index (χ0n) is 17.8. The number of nitrogens with one attached hydrogen (secondary N) is 2. The third-order valence-corrected chi connectivity index (χ3v) is 5.68. The number of para-hydroxylation sites is 1. The van der Waals surface area contributed by atoms with E-state index >= 15 is 0 Å². The monoisotopic (exact) mass is 472 g/mol. The maximum absolute atomic E-state index is 13.2. The Morgan fingerprint density at radius 2 is 1.94 bits per heavy atom. The van der Waals surface area contributed by atoms with Gasteiger partial charge in [-0.05, 0) is 37.4 Å². The number of nitrogens with zero attached hydrogens (tertiary/aromatic N) is 4. The van der Waals surface area contributed by atoms with E-state index in [1.807, 2.05) is 37.2 Å². The minimum absolute atomic E-state index is 0.251. The molecule has 0 aliphatic carbocycles. The molecule has 4 rings (SSSR count). The minimum atomic E-state index is -0.264. The van der Waals surface area contributed by atoms with Gasteiger partial charge in [-0.25, -0.2) is 4.98 Å². The standard InChI is InChI=1S/C22H22Cl2N6O2/c1-25-10-13-9-14(7-8-18(13)32-3)27-22-26-11-15-20(28-22)29(2)12-30(21(15)31)19-16(23)5-4-6-17(19)24/h4-9,11,25H,10,12H2,1-3H3,(H,26,27,28). The lowest BCUT2D eigenvalue weighted by molar-refractivity contribution is 0.0982. The summed E-state index contributed by atoms with van der Waals surface area (Å²) in [6.07, 6.45) is 1.51. The fourth-order valence-electron chi connectivity index (χ4n) is 3.60. The van der Waals surface area contributed by atoms with Gasteiger partial charge in [-0.2, -0.15) is 4.98 Å². The van der Waals surface area contributed by atoms with Crippen LogP contribution in [0.5, 0.6) is 5.75 Å². The van der Waals surface area contributed by atoms with Crippen LogP contribution in [-0.2, 0) is 6.54 Å². The van der Waals surface area contributed by atoms with Gasteiger partial charge in [0.15, 0.2) is 0 Å². The smallest absolute Gasteiger partial charge is 0.265 e. The largest absolute Gasteiger partial charge is 0.496 e. The molecule has 2 aromatic carbocycles. The van der Waals surface area contributed by atoms with Crippen LogP contribution < -0.4 is 25.2 Å². The van der Waals surface area contributed by atoms with Crippen molar-refractivity contribution in [1.82, 2.24) is 15.3 Å². The van der Waals surface area contributed by atoms with E-state index in [4.69, 9.17) is 27.9 Å². The Bertz CT molecular complexity index is 1150. The maximum Gasteiger partial charge on any atom is 0.265 e. The van der Waals surface area contributed by atoms with Crippen LogP contribution in [0.25, 0.3) is 0 Å². The van der Waals surface area contributed by atoms with Gasteiger partial charge in [0, 0.05) is 31.0 Å². The van der Waals surface area contributed by atoms with Crippen LogP contribution in [0.4, 0.5) is 23.1 Å². The zero-order valence-corrected chi connectivity index (χ0v) is 19.3. The SMILES string of the molecule is CNCc1cc(Nc2ncc3c(n2)N(C)CN(c2c(Cl)cccc2Cl)C3=O)ccc1OC. The van der Waals surface area contributed by atoms with Crippen LogP contribution in [0.3, 0.4) is 0 Å². The molecular formula is C22H22Cl2N6O2. The molecule has 1 aliphatic rings. The molecule has 0 unspecified atom stereocenters. The molecule has 0 saturated carbocycles. The summed E-state index contributed by atoms with van der Waals surface area (Å²) in [5.41, 5.74) is 2.64. The summed E-state index contributed by atoms with van der Waals surface area (Å²) >= 11 is 12.6. The van der Waals surface area contributed by atoms with Crippen LogP contribution in [-0.4, -0.2) is 43.7 Å². The highest BCUT2D eigenvalue weighted by atomic mass is 35.5. The van der Waals surface area contributed by atoms with Gasteiger partial charge in [0.25, 0.3) is 5.91 Å². The second-order valence-electron chi connectivity index (χ2n) is 7.26. The molecule has 32 heavy (non-hydrogen) atoms. The molecule has 0 spiro atoms. The molecule has 10 heteroatoms. The van der Waals surface area contributed by atoms with Crippen LogP contribution in [0.2, 0.25) is 10.0 Å². The Balaban J connectivity index is 1.63. The van der Waals surface area contributed by atoms with E-state index in [1.165, 1.54) is 11.1 Å². The summed E-state index contributed by atoms with van der Waals surface area (Å²) in [6, 6.07) is 10.9. The lowest BCUT2D eigenvalue weighted by Crippen LogP contribution is -2.46. The molecule has 0 atom stereocenters. The number of hydrogen-bond donors (Lipinski definition) is 2. The predicted octanol–water partition coefficient (Wildman–Crippen LogP) is 4.31. The van der Waals surface area contributed by atoms with Gasteiger partial charge in [0.2, 0.25) is 5.95 Å². The number of fused-ring (bicyclic) bond motifs is 1. The number of rotatable bonds is 6. The lowest BCUT2D eigenvalue weighted by Gasteiger charge is -2.35. The van der Waals surface area contributed by atoms with Crippen LogP contribution >= 0.6 is 23.2 Å². The van der Waals surface area contributed by atoms with Gasteiger partial charge in [0.1, 0.15) is 17.1 Å². The molecule has 0 fully saturated rings. The molecule has 0 radical (unpaired) electrons. The van der Waals surface area contributed by atoms with Crippen LogP contribution in [0.1, 0.15) is 15.9 Å². The Labute approximate surface area is 196 Å². The van der Waals surface area contributed by atoms with Crippen molar-refractivity contribution >= 4 is 52.3 Å². The summed E-state index contributed by atoms with van der Waals surface area (Å²) in [5.74, 6) is 1.43. The highest BCUT2D eigenvalue weighted by Gasteiger charge is 2.32. The van der Waals surface area contributed by atoms with E-state index in [-0.39, 0.29) is 12.6 Å². The molecule has 0 bridgehead atoms. The molecule has 1 aromatic heterocycles. The van der Waals surface area contributed by atoms with Gasteiger partial charge in [-0.1, -0.05) is 29.3 Å². The van der Waals surface area contributed by atoms with Gasteiger partial charge in [-0.15, -0.1) is 0 Å². The maximum atomic E-state index is 13.2. The van der Waals surface area contributed by atoms with Gasteiger partial charge in [-0.3, -0.25) is 9.69 Å². The topological polar surface area (TPSA) is 82.6 Å². The number of hydrogen-bond acceptors (Lipinski definition) is 7. The van der Waals surface area contributed by atoms with Crippen molar-refractivity contribution < 1.29 is 9.53 Å². The van der Waals surface area contributed by atoms with Crippen LogP contribution in [0.15, 0.2) is 42.6 Å². The second kappa shape index (κ2) is 9.20. The summed E-state index contributed by atoms with van der Waals surface area (Å²) in [6.45, 7) is 0.905. The highest BCUT2D eigenvalue weighted by Crippen LogP contribution is 2.37. The van der Waals surface area contributed by atoms with E-state index in [2.05, 4.69) is 20.6 Å². The van der Waals surface area contributed by atoms with Crippen molar-refractivity contribution in [2.45, 2.75) is 6.54 Å². The molecule has 166 valence electrons. The third kappa shape index (κ3) is 4.17. The Hall–Kier alpha value is -3.07. The first-order valence-electron chi connectivity index (χ1n) is 9.85. The normalized spacial score (nSPS) is 13.2. The average molecular weight is 473 g/mol. The van der Waals surface area contributed by atoms with E-state index in [0.29, 0.717) is 39.6 Å². The number of benzene rings is 2. The number of ether oxygens (including phenoxy) is 1. The molecule has 2 N–H and O–H groups in total. The average Bonchev–Trinajstić information content (AvgIpc) is 2.77. The number of carbonyl (C=O) groups is 1. The quantitative estimate of drug-likeness (QED) is 0.552. The number of aromatic nitrogens is 2.